The highest BCUT2D eigenvalue weighted by Crippen LogP contribution is 2.39. The van der Waals surface area contributed by atoms with Crippen molar-refractivity contribution in [1.29, 1.82) is 0 Å². The zero-order valence-electron chi connectivity index (χ0n) is 20.4. The zero-order chi connectivity index (χ0) is 27.2. The van der Waals surface area contributed by atoms with Gasteiger partial charge < -0.3 is 19.5 Å². The van der Waals surface area contributed by atoms with E-state index in [0.717, 1.165) is 35.3 Å². The number of ether oxygens (including phenoxy) is 3. The molecule has 1 aliphatic rings. The van der Waals surface area contributed by atoms with Crippen molar-refractivity contribution >= 4 is 67.9 Å². The Morgan fingerprint density at radius 3 is 2.71 bits per heavy atom. The first-order valence-corrected chi connectivity index (χ1v) is 13.4. The first kappa shape index (κ1) is 27.6. The minimum Gasteiger partial charge on any atom is -0.493 e. The highest BCUT2D eigenvalue weighted by molar-refractivity contribution is 9.10. The van der Waals surface area contributed by atoms with Gasteiger partial charge in [-0.1, -0.05) is 23.7 Å². The molecule has 2 N–H and O–H groups in total. The maximum atomic E-state index is 12.5. The largest absolute Gasteiger partial charge is 0.493 e. The Hall–Kier alpha value is -3.41. The summed E-state index contributed by atoms with van der Waals surface area (Å²) in [6, 6.07) is 10.7. The second-order valence-electron chi connectivity index (χ2n) is 8.16. The number of nitrogens with one attached hydrogen (secondary N) is 2. The molecule has 38 heavy (non-hydrogen) atoms. The van der Waals surface area contributed by atoms with E-state index in [9.17, 15) is 14.4 Å². The number of thiophene rings is 1. The molecule has 2 amide bonds. The molecule has 2 aromatic carbocycles. The molecule has 1 heterocycles. The van der Waals surface area contributed by atoms with Crippen molar-refractivity contribution in [2.45, 2.75) is 25.9 Å². The standard InChI is InChI=1S/C26H23BrClN3O6S/c1-35-19-11-15(10-18(27)22(19)37-13-14-5-3-6-16(28)9-14)12-29-31-24(33)23(32)30-25-21(26(34)36-2)17-7-4-8-20(17)38-25/h3,5-6,9-12H,4,7-8,13H2,1-2H3,(H,30,32)(H,31,33)/b29-12+. The third-order valence-corrected chi connectivity index (χ3v) is 7.68. The second kappa shape index (κ2) is 12.4. The van der Waals surface area contributed by atoms with Gasteiger partial charge in [0.25, 0.3) is 0 Å². The van der Waals surface area contributed by atoms with Gasteiger partial charge in [0.05, 0.1) is 30.5 Å². The number of carbonyl (C=O) groups excluding carboxylic acids is 3. The number of hydrogen-bond donors (Lipinski definition) is 2. The number of aryl methyl sites for hydroxylation is 1. The average molecular weight is 621 g/mol. The van der Waals surface area contributed by atoms with Crippen molar-refractivity contribution in [3.8, 4) is 11.5 Å². The Balaban J connectivity index is 1.39. The van der Waals surface area contributed by atoms with E-state index >= 15 is 0 Å². The lowest BCUT2D eigenvalue weighted by Gasteiger charge is -2.13. The fraction of sp³-hybridized carbons (Fsp3) is 0.231. The van der Waals surface area contributed by atoms with Gasteiger partial charge in [-0.3, -0.25) is 9.59 Å². The van der Waals surface area contributed by atoms with Gasteiger partial charge in [0.2, 0.25) is 0 Å². The lowest BCUT2D eigenvalue weighted by atomic mass is 10.1. The first-order valence-electron chi connectivity index (χ1n) is 11.4. The fourth-order valence-electron chi connectivity index (χ4n) is 3.92. The topological polar surface area (TPSA) is 115 Å². The number of rotatable bonds is 8. The molecular weight excluding hydrogens is 598 g/mol. The van der Waals surface area contributed by atoms with Crippen molar-refractivity contribution in [2.75, 3.05) is 19.5 Å². The normalized spacial score (nSPS) is 12.2. The lowest BCUT2D eigenvalue weighted by Crippen LogP contribution is -2.32. The minimum absolute atomic E-state index is 0.277. The number of hydrazone groups is 1. The zero-order valence-corrected chi connectivity index (χ0v) is 23.6. The van der Waals surface area contributed by atoms with E-state index < -0.39 is 17.8 Å². The van der Waals surface area contributed by atoms with Crippen LogP contribution in [-0.4, -0.2) is 38.2 Å². The van der Waals surface area contributed by atoms with E-state index in [2.05, 4.69) is 31.8 Å². The van der Waals surface area contributed by atoms with E-state index in [1.54, 1.807) is 18.2 Å². The molecule has 1 aromatic heterocycles. The first-order chi connectivity index (χ1) is 18.3. The van der Waals surface area contributed by atoms with Crippen LogP contribution in [-0.2, 0) is 33.8 Å². The van der Waals surface area contributed by atoms with E-state index in [0.29, 0.717) is 37.1 Å². The van der Waals surface area contributed by atoms with Crippen molar-refractivity contribution in [1.82, 2.24) is 5.43 Å². The fourth-order valence-corrected chi connectivity index (χ4v) is 5.98. The van der Waals surface area contributed by atoms with Crippen LogP contribution in [0.3, 0.4) is 0 Å². The summed E-state index contributed by atoms with van der Waals surface area (Å²) in [4.78, 5) is 38.1. The van der Waals surface area contributed by atoms with Crippen LogP contribution in [0.5, 0.6) is 11.5 Å². The number of carbonyl (C=O) groups is 3. The third-order valence-electron chi connectivity index (χ3n) is 5.65. The highest BCUT2D eigenvalue weighted by atomic mass is 79.9. The van der Waals surface area contributed by atoms with E-state index in [4.69, 9.17) is 25.8 Å². The molecule has 4 rings (SSSR count). The number of nitrogens with zero attached hydrogens (tertiary/aromatic N) is 1. The maximum Gasteiger partial charge on any atom is 0.341 e. The average Bonchev–Trinajstić information content (AvgIpc) is 3.48. The molecule has 0 saturated heterocycles. The molecule has 0 unspecified atom stereocenters. The van der Waals surface area contributed by atoms with Crippen molar-refractivity contribution in [3.05, 3.63) is 73.0 Å². The highest BCUT2D eigenvalue weighted by Gasteiger charge is 2.29. The quantitative estimate of drug-likeness (QED) is 0.156. The van der Waals surface area contributed by atoms with Gasteiger partial charge in [0.1, 0.15) is 11.6 Å². The summed E-state index contributed by atoms with van der Waals surface area (Å²) >= 11 is 10.8. The summed E-state index contributed by atoms with van der Waals surface area (Å²) in [6.07, 6.45) is 3.84. The van der Waals surface area contributed by atoms with Crippen LogP contribution in [0, 0.1) is 0 Å². The van der Waals surface area contributed by atoms with Gasteiger partial charge >= 0.3 is 17.8 Å². The number of halogens is 2. The van der Waals surface area contributed by atoms with Crippen LogP contribution in [0.25, 0.3) is 0 Å². The molecule has 9 nitrogen and oxygen atoms in total. The van der Waals surface area contributed by atoms with Gasteiger partial charge in [-0.25, -0.2) is 10.2 Å². The van der Waals surface area contributed by atoms with Crippen molar-refractivity contribution in [2.24, 2.45) is 5.10 Å². The number of esters is 1. The van der Waals surface area contributed by atoms with E-state index in [1.807, 2.05) is 18.2 Å². The van der Waals surface area contributed by atoms with Gasteiger partial charge in [0.15, 0.2) is 11.5 Å². The van der Waals surface area contributed by atoms with E-state index in [-0.39, 0.29) is 6.61 Å². The van der Waals surface area contributed by atoms with Gasteiger partial charge in [0, 0.05) is 9.90 Å². The van der Waals surface area contributed by atoms with E-state index in [1.165, 1.54) is 31.8 Å². The molecule has 0 spiro atoms. The molecule has 0 aliphatic heterocycles. The number of anilines is 1. The molecular formula is C26H23BrClN3O6S. The van der Waals surface area contributed by atoms with Crippen molar-refractivity contribution < 1.29 is 28.6 Å². The lowest BCUT2D eigenvalue weighted by molar-refractivity contribution is -0.136. The molecule has 0 atom stereocenters. The van der Waals surface area contributed by atoms with Crippen LogP contribution in [0.4, 0.5) is 5.00 Å². The Morgan fingerprint density at radius 1 is 1.16 bits per heavy atom. The third kappa shape index (κ3) is 6.35. The molecule has 0 radical (unpaired) electrons. The monoisotopic (exact) mass is 619 g/mol. The molecule has 0 saturated carbocycles. The molecule has 12 heteroatoms. The van der Waals surface area contributed by atoms with Crippen molar-refractivity contribution in [3.63, 3.8) is 0 Å². The second-order valence-corrected chi connectivity index (χ2v) is 10.6. The molecule has 0 fully saturated rings. The van der Waals surface area contributed by atoms with Gasteiger partial charge in [-0.2, -0.15) is 5.10 Å². The summed E-state index contributed by atoms with van der Waals surface area (Å²) in [5.74, 6) is -1.56. The number of amides is 2. The summed E-state index contributed by atoms with van der Waals surface area (Å²) < 4.78 is 16.8. The predicted molar refractivity (Wildman–Crippen MR) is 149 cm³/mol. The van der Waals surface area contributed by atoms with Crippen LogP contribution < -0.4 is 20.2 Å². The summed E-state index contributed by atoms with van der Waals surface area (Å²) in [5, 5.41) is 7.29. The predicted octanol–water partition coefficient (Wildman–Crippen LogP) is 5.12. The summed E-state index contributed by atoms with van der Waals surface area (Å²) in [7, 11) is 2.78. The minimum atomic E-state index is -0.988. The molecule has 3 aromatic rings. The van der Waals surface area contributed by atoms with Gasteiger partial charge in [-0.15, -0.1) is 11.3 Å². The number of fused-ring (bicyclic) bond motifs is 1. The summed E-state index contributed by atoms with van der Waals surface area (Å²) in [6.45, 7) is 0.277. The van der Waals surface area contributed by atoms with Crippen LogP contribution in [0.15, 0.2) is 46.0 Å². The van der Waals surface area contributed by atoms with Crippen LogP contribution in [0.2, 0.25) is 5.02 Å². The smallest absolute Gasteiger partial charge is 0.341 e. The molecule has 1 aliphatic carbocycles. The Kier molecular flexibility index (Phi) is 9.03. The Bertz CT molecular complexity index is 1420. The number of hydrogen-bond acceptors (Lipinski definition) is 8. The number of benzene rings is 2. The molecule has 0 bridgehead atoms. The number of methoxy groups -OCH3 is 2. The summed E-state index contributed by atoms with van der Waals surface area (Å²) in [5.41, 5.74) is 4.84. The SMILES string of the molecule is COC(=O)c1c(NC(=O)C(=O)N/N=C/c2cc(Br)c(OCc3cccc(Cl)c3)c(OC)c2)sc2c1CCC2. The van der Waals surface area contributed by atoms with Gasteiger partial charge in [-0.05, 0) is 76.1 Å². The van der Waals surface area contributed by atoms with Crippen LogP contribution in [0.1, 0.15) is 38.3 Å². The molecule has 198 valence electrons. The Morgan fingerprint density at radius 2 is 1.97 bits per heavy atom. The van der Waals surface area contributed by atoms with Crippen LogP contribution >= 0.6 is 38.9 Å². The Labute approximate surface area is 236 Å². The maximum absolute atomic E-state index is 12.5.